The fraction of sp³-hybridized carbons (Fsp3) is 0.654. The van der Waals surface area contributed by atoms with E-state index in [1.807, 2.05) is 72.7 Å². The Morgan fingerprint density at radius 1 is 1.00 bits per heavy atom. The van der Waals surface area contributed by atoms with Gasteiger partial charge >= 0.3 is 6.09 Å². The molecule has 2 N–H and O–H groups in total. The van der Waals surface area contributed by atoms with Crippen LogP contribution in [0.1, 0.15) is 85.9 Å². The molecule has 0 saturated carbocycles. The van der Waals surface area contributed by atoms with Crippen molar-refractivity contribution in [1.82, 2.24) is 15.5 Å². The maximum absolute atomic E-state index is 13.7. The third-order valence-electron chi connectivity index (χ3n) is 4.77. The summed E-state index contributed by atoms with van der Waals surface area (Å²) in [6, 6.07) is 5.96. The number of carbonyl (C=O) groups excluding carboxylic acids is 3. The number of benzene rings is 1. The molecule has 0 saturated heterocycles. The van der Waals surface area contributed by atoms with Crippen LogP contribution in [0.5, 0.6) is 0 Å². The Kier molecular flexibility index (Phi) is 9.94. The van der Waals surface area contributed by atoms with Gasteiger partial charge in [-0.2, -0.15) is 0 Å². The van der Waals surface area contributed by atoms with Crippen molar-refractivity contribution in [2.75, 3.05) is 6.54 Å². The van der Waals surface area contributed by atoms with Gasteiger partial charge in [-0.25, -0.2) is 4.79 Å². The summed E-state index contributed by atoms with van der Waals surface area (Å²) in [5, 5.41) is 5.75. The van der Waals surface area contributed by atoms with Gasteiger partial charge in [-0.05, 0) is 73.3 Å². The van der Waals surface area contributed by atoms with Crippen molar-refractivity contribution in [3.63, 3.8) is 0 Å². The SMILES string of the molecule is CCN(C(=O)C(CC(C)C)NC(=O)OC(C)(C)C)C(C(=O)NC(C)(C)C)c1ccc(C)cc1. The number of aryl methyl sites for hydroxylation is 1. The molecule has 7 heteroatoms. The monoisotopic (exact) mass is 461 g/mol. The third kappa shape index (κ3) is 9.84. The van der Waals surface area contributed by atoms with Gasteiger partial charge in [0.15, 0.2) is 0 Å². The van der Waals surface area contributed by atoms with Crippen LogP contribution in [0, 0.1) is 12.8 Å². The van der Waals surface area contributed by atoms with Crippen LogP contribution < -0.4 is 10.6 Å². The van der Waals surface area contributed by atoms with E-state index in [2.05, 4.69) is 10.6 Å². The Hall–Kier alpha value is -2.57. The molecule has 3 amide bonds. The topological polar surface area (TPSA) is 87.7 Å². The van der Waals surface area contributed by atoms with Crippen molar-refractivity contribution in [2.24, 2.45) is 5.92 Å². The molecule has 0 spiro atoms. The zero-order valence-corrected chi connectivity index (χ0v) is 22.0. The fourth-order valence-electron chi connectivity index (χ4n) is 3.47. The van der Waals surface area contributed by atoms with Gasteiger partial charge in [0.2, 0.25) is 11.8 Å². The minimum atomic E-state index is -0.822. The summed E-state index contributed by atoms with van der Waals surface area (Å²) in [7, 11) is 0. The van der Waals surface area contributed by atoms with E-state index in [0.717, 1.165) is 11.1 Å². The first kappa shape index (κ1) is 28.5. The first-order valence-electron chi connectivity index (χ1n) is 11.7. The number of hydrogen-bond donors (Lipinski definition) is 2. The van der Waals surface area contributed by atoms with Gasteiger partial charge in [0, 0.05) is 12.1 Å². The van der Waals surface area contributed by atoms with E-state index in [1.54, 1.807) is 20.8 Å². The van der Waals surface area contributed by atoms with Crippen molar-refractivity contribution in [1.29, 1.82) is 0 Å². The molecule has 0 bridgehead atoms. The number of nitrogens with zero attached hydrogens (tertiary/aromatic N) is 1. The zero-order chi connectivity index (χ0) is 25.6. The summed E-state index contributed by atoms with van der Waals surface area (Å²) < 4.78 is 5.38. The van der Waals surface area contributed by atoms with Gasteiger partial charge in [0.1, 0.15) is 17.7 Å². The van der Waals surface area contributed by atoms with E-state index in [4.69, 9.17) is 4.74 Å². The van der Waals surface area contributed by atoms with Gasteiger partial charge in [0.05, 0.1) is 0 Å². The van der Waals surface area contributed by atoms with E-state index in [9.17, 15) is 14.4 Å². The zero-order valence-electron chi connectivity index (χ0n) is 22.0. The van der Waals surface area contributed by atoms with Crippen molar-refractivity contribution < 1.29 is 19.1 Å². The van der Waals surface area contributed by atoms with Crippen LogP contribution in [-0.2, 0) is 14.3 Å². The largest absolute Gasteiger partial charge is 0.444 e. The average Bonchev–Trinajstić information content (AvgIpc) is 2.62. The molecule has 0 aliphatic rings. The van der Waals surface area contributed by atoms with Crippen LogP contribution in [0.4, 0.5) is 4.79 Å². The van der Waals surface area contributed by atoms with Crippen LogP contribution in [0.15, 0.2) is 24.3 Å². The molecule has 2 unspecified atom stereocenters. The molecule has 0 aromatic heterocycles. The van der Waals surface area contributed by atoms with Crippen LogP contribution in [0.25, 0.3) is 0 Å². The molecule has 1 aromatic carbocycles. The molecule has 0 aliphatic heterocycles. The fourth-order valence-corrected chi connectivity index (χ4v) is 3.47. The summed E-state index contributed by atoms with van der Waals surface area (Å²) in [5.41, 5.74) is 0.636. The highest BCUT2D eigenvalue weighted by Crippen LogP contribution is 2.25. The highest BCUT2D eigenvalue weighted by Gasteiger charge is 2.36. The van der Waals surface area contributed by atoms with Crippen molar-refractivity contribution in [2.45, 2.75) is 98.9 Å². The number of ether oxygens (including phenoxy) is 1. The summed E-state index contributed by atoms with van der Waals surface area (Å²) in [5.74, 6) is -0.428. The lowest BCUT2D eigenvalue weighted by Gasteiger charge is -2.35. The molecule has 0 fully saturated rings. The van der Waals surface area contributed by atoms with E-state index in [0.29, 0.717) is 13.0 Å². The minimum absolute atomic E-state index is 0.147. The number of carbonyl (C=O) groups is 3. The Morgan fingerprint density at radius 3 is 1.97 bits per heavy atom. The van der Waals surface area contributed by atoms with Crippen molar-refractivity contribution in [3.05, 3.63) is 35.4 Å². The molecule has 0 radical (unpaired) electrons. The van der Waals surface area contributed by atoms with E-state index in [1.165, 1.54) is 4.90 Å². The lowest BCUT2D eigenvalue weighted by atomic mass is 9.98. The van der Waals surface area contributed by atoms with Gasteiger partial charge in [-0.1, -0.05) is 43.7 Å². The van der Waals surface area contributed by atoms with E-state index < -0.39 is 29.3 Å². The maximum Gasteiger partial charge on any atom is 0.408 e. The van der Waals surface area contributed by atoms with Gasteiger partial charge in [0.25, 0.3) is 0 Å². The molecule has 1 rings (SSSR count). The molecule has 7 nitrogen and oxygen atoms in total. The van der Waals surface area contributed by atoms with Gasteiger partial charge < -0.3 is 20.3 Å². The van der Waals surface area contributed by atoms with Gasteiger partial charge in [-0.3, -0.25) is 9.59 Å². The molecule has 0 heterocycles. The van der Waals surface area contributed by atoms with Crippen LogP contribution in [0.3, 0.4) is 0 Å². The number of rotatable bonds is 8. The Labute approximate surface area is 199 Å². The van der Waals surface area contributed by atoms with Crippen molar-refractivity contribution in [3.8, 4) is 0 Å². The summed E-state index contributed by atoms with van der Waals surface area (Å²) >= 11 is 0. The predicted molar refractivity (Wildman–Crippen MR) is 132 cm³/mol. The highest BCUT2D eigenvalue weighted by molar-refractivity contribution is 5.92. The smallest absolute Gasteiger partial charge is 0.408 e. The normalized spacial score (nSPS) is 13.8. The number of hydrogen-bond acceptors (Lipinski definition) is 4. The maximum atomic E-state index is 13.7. The molecular formula is C26H43N3O4. The standard InChI is InChI=1S/C26H43N3O4/c1-11-29(23(31)20(16-17(2)3)27-24(32)33-26(8,9)10)21(22(30)28-25(5,6)7)19-14-12-18(4)13-15-19/h12-15,17,20-21H,11,16H2,1-10H3,(H,27,32)(H,28,30). The number of alkyl carbamates (subject to hydrolysis) is 1. The van der Waals surface area contributed by atoms with Gasteiger partial charge in [-0.15, -0.1) is 0 Å². The Morgan fingerprint density at radius 2 is 1.55 bits per heavy atom. The average molecular weight is 462 g/mol. The lowest BCUT2D eigenvalue weighted by Crippen LogP contribution is -2.54. The second kappa shape index (κ2) is 11.5. The van der Waals surface area contributed by atoms with Crippen LogP contribution >= 0.6 is 0 Å². The Balaban J connectivity index is 3.36. The minimum Gasteiger partial charge on any atom is -0.444 e. The Bertz CT molecular complexity index is 804. The number of nitrogens with one attached hydrogen (secondary N) is 2. The molecule has 0 aliphatic carbocycles. The molecule has 33 heavy (non-hydrogen) atoms. The number of amides is 3. The lowest BCUT2D eigenvalue weighted by molar-refractivity contribution is -0.143. The van der Waals surface area contributed by atoms with Crippen molar-refractivity contribution >= 4 is 17.9 Å². The molecule has 186 valence electrons. The summed E-state index contributed by atoms with van der Waals surface area (Å²) in [6.07, 6.45) is -0.223. The summed E-state index contributed by atoms with van der Waals surface area (Å²) in [4.78, 5) is 41.1. The highest BCUT2D eigenvalue weighted by atomic mass is 16.6. The third-order valence-corrected chi connectivity index (χ3v) is 4.77. The van der Waals surface area contributed by atoms with Crippen LogP contribution in [-0.4, -0.2) is 46.5 Å². The number of likely N-dealkylation sites (N-methyl/N-ethyl adjacent to an activating group) is 1. The van der Waals surface area contributed by atoms with E-state index in [-0.39, 0.29) is 17.7 Å². The second-order valence-corrected chi connectivity index (χ2v) is 11.0. The van der Waals surface area contributed by atoms with E-state index >= 15 is 0 Å². The molecule has 1 aromatic rings. The first-order chi connectivity index (χ1) is 15.0. The summed E-state index contributed by atoms with van der Waals surface area (Å²) in [6.45, 7) is 19.1. The second-order valence-electron chi connectivity index (χ2n) is 11.0. The van der Waals surface area contributed by atoms with Crippen LogP contribution in [0.2, 0.25) is 0 Å². The molecule has 2 atom stereocenters. The quantitative estimate of drug-likeness (QED) is 0.585. The molecular weight excluding hydrogens is 418 g/mol. The first-order valence-corrected chi connectivity index (χ1v) is 11.7. The predicted octanol–water partition coefficient (Wildman–Crippen LogP) is 4.74.